The maximum absolute atomic E-state index is 13.3. The van der Waals surface area contributed by atoms with E-state index in [9.17, 15) is 14.4 Å². The zero-order valence-corrected chi connectivity index (χ0v) is 20.8. The van der Waals surface area contributed by atoms with Crippen molar-refractivity contribution < 1.29 is 19.1 Å². The summed E-state index contributed by atoms with van der Waals surface area (Å²) in [5.41, 5.74) is 3.41. The van der Waals surface area contributed by atoms with Gasteiger partial charge in [-0.05, 0) is 39.0 Å². The summed E-state index contributed by atoms with van der Waals surface area (Å²) >= 11 is 0. The first kappa shape index (κ1) is 24.2. The summed E-state index contributed by atoms with van der Waals surface area (Å²) < 4.78 is 7.30. The highest BCUT2D eigenvalue weighted by molar-refractivity contribution is 6.07. The van der Waals surface area contributed by atoms with Gasteiger partial charge < -0.3 is 15.0 Å². The standard InChI is InChI=1S/C28H27N5O4/c1-17(2)33-27-21(15-29-33)20(14-23(31-27)19-9-5-4-6-10-19)28(36)37-16-26(35)32-18(3)13-25(34)30-22-11-7-8-12-24(22)32/h4-12,14-15,17-18H,13,16H2,1-3H3,(H,30,34). The molecule has 2 aromatic carbocycles. The number of carbonyl (C=O) groups excluding carboxylic acids is 3. The summed E-state index contributed by atoms with van der Waals surface area (Å²) in [7, 11) is 0. The number of anilines is 2. The number of rotatable bonds is 5. The molecule has 0 radical (unpaired) electrons. The van der Waals surface area contributed by atoms with Crippen molar-refractivity contribution in [3.63, 3.8) is 0 Å². The first-order chi connectivity index (χ1) is 17.8. The molecule has 1 aliphatic rings. The van der Waals surface area contributed by atoms with Crippen molar-refractivity contribution in [2.45, 2.75) is 39.3 Å². The van der Waals surface area contributed by atoms with E-state index in [1.54, 1.807) is 48.1 Å². The summed E-state index contributed by atoms with van der Waals surface area (Å²) in [5.74, 6) is -1.25. The van der Waals surface area contributed by atoms with E-state index in [2.05, 4.69) is 10.4 Å². The first-order valence-corrected chi connectivity index (χ1v) is 12.1. The summed E-state index contributed by atoms with van der Waals surface area (Å²) in [5, 5.41) is 7.80. The van der Waals surface area contributed by atoms with Crippen LogP contribution < -0.4 is 10.2 Å². The number of ether oxygens (including phenoxy) is 1. The normalized spacial score (nSPS) is 15.3. The number of pyridine rings is 1. The summed E-state index contributed by atoms with van der Waals surface area (Å²) in [6.45, 7) is 5.29. The molecule has 3 heterocycles. The fourth-order valence-corrected chi connectivity index (χ4v) is 4.56. The molecule has 1 aliphatic heterocycles. The monoisotopic (exact) mass is 497 g/mol. The zero-order valence-electron chi connectivity index (χ0n) is 20.8. The highest BCUT2D eigenvalue weighted by atomic mass is 16.5. The van der Waals surface area contributed by atoms with Crippen molar-refractivity contribution >= 4 is 40.2 Å². The molecule has 9 heteroatoms. The minimum atomic E-state index is -0.647. The van der Waals surface area contributed by atoms with Gasteiger partial charge in [-0.2, -0.15) is 5.10 Å². The van der Waals surface area contributed by atoms with Crippen LogP contribution in [0.5, 0.6) is 0 Å². The van der Waals surface area contributed by atoms with Crippen LogP contribution in [-0.4, -0.2) is 45.2 Å². The van der Waals surface area contributed by atoms with Gasteiger partial charge in [0.15, 0.2) is 12.3 Å². The third kappa shape index (κ3) is 4.67. The molecule has 188 valence electrons. The van der Waals surface area contributed by atoms with Gasteiger partial charge in [0.05, 0.1) is 34.2 Å². The number of nitrogens with one attached hydrogen (secondary N) is 1. The van der Waals surface area contributed by atoms with Crippen LogP contribution in [0.1, 0.15) is 43.6 Å². The minimum Gasteiger partial charge on any atom is -0.452 e. The maximum Gasteiger partial charge on any atom is 0.339 e. The van der Waals surface area contributed by atoms with Gasteiger partial charge >= 0.3 is 5.97 Å². The topological polar surface area (TPSA) is 106 Å². The fourth-order valence-electron chi connectivity index (χ4n) is 4.56. The Labute approximate surface area is 214 Å². The molecule has 1 unspecified atom stereocenters. The number of fused-ring (bicyclic) bond motifs is 2. The molecule has 4 aromatic rings. The number of carbonyl (C=O) groups is 3. The number of para-hydroxylation sites is 2. The van der Waals surface area contributed by atoms with Gasteiger partial charge in [0.1, 0.15) is 0 Å². The first-order valence-electron chi connectivity index (χ1n) is 12.1. The van der Waals surface area contributed by atoms with Crippen LogP contribution >= 0.6 is 0 Å². The van der Waals surface area contributed by atoms with Crippen molar-refractivity contribution in [1.29, 1.82) is 0 Å². The smallest absolute Gasteiger partial charge is 0.339 e. The second-order valence-electron chi connectivity index (χ2n) is 9.30. The number of benzene rings is 2. The predicted molar refractivity (Wildman–Crippen MR) is 140 cm³/mol. The number of aromatic nitrogens is 3. The number of hydrogen-bond acceptors (Lipinski definition) is 6. The number of amides is 2. The Morgan fingerprint density at radius 3 is 2.59 bits per heavy atom. The molecular weight excluding hydrogens is 470 g/mol. The van der Waals surface area contributed by atoms with Crippen LogP contribution in [0.3, 0.4) is 0 Å². The molecule has 2 amide bonds. The largest absolute Gasteiger partial charge is 0.452 e. The molecule has 0 fully saturated rings. The molecule has 0 saturated carbocycles. The average molecular weight is 498 g/mol. The lowest BCUT2D eigenvalue weighted by Crippen LogP contribution is -2.41. The van der Waals surface area contributed by atoms with Crippen LogP contribution in [-0.2, 0) is 14.3 Å². The molecule has 0 spiro atoms. The van der Waals surface area contributed by atoms with Crippen molar-refractivity contribution in [2.24, 2.45) is 0 Å². The molecule has 0 bridgehead atoms. The molecule has 0 saturated heterocycles. The molecule has 9 nitrogen and oxygen atoms in total. The Morgan fingerprint density at radius 2 is 1.84 bits per heavy atom. The van der Waals surface area contributed by atoms with Gasteiger partial charge in [0.2, 0.25) is 5.91 Å². The highest BCUT2D eigenvalue weighted by Crippen LogP contribution is 2.32. The van der Waals surface area contributed by atoms with Gasteiger partial charge in [-0.25, -0.2) is 14.5 Å². The van der Waals surface area contributed by atoms with Crippen LogP contribution in [0, 0.1) is 0 Å². The Kier molecular flexibility index (Phi) is 6.43. The van der Waals surface area contributed by atoms with Crippen molar-refractivity contribution in [1.82, 2.24) is 14.8 Å². The second kappa shape index (κ2) is 9.85. The minimum absolute atomic E-state index is 0.0300. The second-order valence-corrected chi connectivity index (χ2v) is 9.30. The van der Waals surface area contributed by atoms with Crippen LogP contribution in [0.25, 0.3) is 22.3 Å². The summed E-state index contributed by atoms with van der Waals surface area (Å²) in [6.07, 6.45) is 1.73. The van der Waals surface area contributed by atoms with Crippen molar-refractivity contribution in [3.8, 4) is 11.3 Å². The molecule has 5 rings (SSSR count). The van der Waals surface area contributed by atoms with Crippen LogP contribution in [0.15, 0.2) is 66.9 Å². The molecule has 2 aromatic heterocycles. The quantitative estimate of drug-likeness (QED) is 0.404. The summed E-state index contributed by atoms with van der Waals surface area (Å²) in [6, 6.07) is 17.9. The molecular formula is C28H27N5O4. The SMILES string of the molecule is CC1CC(=O)Nc2ccccc2N1C(=O)COC(=O)c1cc(-c2ccccc2)nc2c1cnn2C(C)C. The predicted octanol–water partition coefficient (Wildman–Crippen LogP) is 4.60. The third-order valence-electron chi connectivity index (χ3n) is 6.30. The Morgan fingerprint density at radius 1 is 1.11 bits per heavy atom. The van der Waals surface area contributed by atoms with Gasteiger partial charge in [0.25, 0.3) is 5.91 Å². The van der Waals surface area contributed by atoms with Crippen molar-refractivity contribution in [2.75, 3.05) is 16.8 Å². The lowest BCUT2D eigenvalue weighted by Gasteiger charge is -2.27. The lowest BCUT2D eigenvalue weighted by molar-refractivity contribution is -0.122. The Balaban J connectivity index is 1.45. The molecule has 37 heavy (non-hydrogen) atoms. The van der Waals surface area contributed by atoms with Gasteiger partial charge in [-0.3, -0.25) is 9.59 Å². The Bertz CT molecular complexity index is 1500. The number of hydrogen-bond donors (Lipinski definition) is 1. The molecule has 0 aliphatic carbocycles. The van der Waals surface area contributed by atoms with Crippen LogP contribution in [0.4, 0.5) is 11.4 Å². The Hall–Kier alpha value is -4.53. The van der Waals surface area contributed by atoms with E-state index in [0.717, 1.165) is 5.56 Å². The van der Waals surface area contributed by atoms with E-state index in [4.69, 9.17) is 9.72 Å². The lowest BCUT2D eigenvalue weighted by atomic mass is 10.1. The number of nitrogens with zero attached hydrogens (tertiary/aromatic N) is 4. The molecule has 1 atom stereocenters. The summed E-state index contributed by atoms with van der Waals surface area (Å²) in [4.78, 5) is 45.2. The van der Waals surface area contributed by atoms with Gasteiger partial charge in [-0.1, -0.05) is 42.5 Å². The maximum atomic E-state index is 13.3. The van der Waals surface area contributed by atoms with E-state index in [-0.39, 0.29) is 23.9 Å². The van der Waals surface area contributed by atoms with E-state index in [1.807, 2.05) is 44.2 Å². The number of esters is 1. The van der Waals surface area contributed by atoms with Crippen LogP contribution in [0.2, 0.25) is 0 Å². The zero-order chi connectivity index (χ0) is 26.1. The van der Waals surface area contributed by atoms with Gasteiger partial charge in [0, 0.05) is 24.1 Å². The van der Waals surface area contributed by atoms with E-state index in [1.165, 1.54) is 4.90 Å². The van der Waals surface area contributed by atoms with E-state index in [0.29, 0.717) is 28.1 Å². The van der Waals surface area contributed by atoms with Gasteiger partial charge in [-0.15, -0.1) is 0 Å². The van der Waals surface area contributed by atoms with E-state index >= 15 is 0 Å². The highest BCUT2D eigenvalue weighted by Gasteiger charge is 2.30. The van der Waals surface area contributed by atoms with E-state index < -0.39 is 24.5 Å². The fraction of sp³-hybridized carbons (Fsp3) is 0.250. The average Bonchev–Trinajstić information content (AvgIpc) is 3.27. The molecule has 1 N–H and O–H groups in total. The van der Waals surface area contributed by atoms with Crippen molar-refractivity contribution in [3.05, 3.63) is 72.4 Å². The third-order valence-corrected chi connectivity index (χ3v) is 6.30.